The largest absolute Gasteiger partial charge is 0.395 e. The molecule has 1 amide bonds. The number of benzene rings is 1. The van der Waals surface area contributed by atoms with E-state index < -0.39 is 0 Å². The molecule has 1 aromatic rings. The molecule has 0 radical (unpaired) electrons. The molecule has 0 fully saturated rings. The fourth-order valence-electron chi connectivity index (χ4n) is 1.08. The maximum absolute atomic E-state index is 11.6. The Kier molecular flexibility index (Phi) is 6.60. The van der Waals surface area contributed by atoms with Gasteiger partial charge in [0.2, 0.25) is 5.91 Å². The third-order valence-electron chi connectivity index (χ3n) is 2.04. The lowest BCUT2D eigenvalue weighted by molar-refractivity contribution is -0.113. The number of nitrogens with one attached hydrogen (secondary N) is 1. The molecule has 1 atom stereocenters. The summed E-state index contributed by atoms with van der Waals surface area (Å²) in [6.45, 7) is 1.87. The van der Waals surface area contributed by atoms with E-state index >= 15 is 0 Å². The molecule has 1 unspecified atom stereocenters. The van der Waals surface area contributed by atoms with E-state index in [2.05, 4.69) is 5.32 Å². The first-order valence-corrected chi connectivity index (χ1v) is 7.29. The highest BCUT2D eigenvalue weighted by atomic mass is 35.5. The van der Waals surface area contributed by atoms with E-state index in [1.807, 2.05) is 6.92 Å². The van der Waals surface area contributed by atoms with Crippen LogP contribution in [0.1, 0.15) is 6.92 Å². The van der Waals surface area contributed by atoms with Gasteiger partial charge in [-0.25, -0.2) is 0 Å². The van der Waals surface area contributed by atoms with E-state index in [4.69, 9.17) is 39.9 Å². The fraction of sp³-hybridized carbons (Fsp3) is 0.364. The Hall–Kier alpha value is -0.130. The fourth-order valence-corrected chi connectivity index (χ4v) is 2.28. The third kappa shape index (κ3) is 4.86. The van der Waals surface area contributed by atoms with Crippen LogP contribution in [0.5, 0.6) is 0 Å². The number of thioether (sulfide) groups is 1. The van der Waals surface area contributed by atoms with Crippen LogP contribution in [0, 0.1) is 0 Å². The number of aliphatic hydroxyl groups excluding tert-OH is 1. The Morgan fingerprint density at radius 3 is 2.56 bits per heavy atom. The Morgan fingerprint density at radius 2 is 1.94 bits per heavy atom. The number of amides is 1. The summed E-state index contributed by atoms with van der Waals surface area (Å²) in [4.78, 5) is 11.6. The van der Waals surface area contributed by atoms with Crippen LogP contribution in [-0.4, -0.2) is 28.6 Å². The van der Waals surface area contributed by atoms with Crippen molar-refractivity contribution in [2.45, 2.75) is 12.2 Å². The molecule has 0 bridgehead atoms. The van der Waals surface area contributed by atoms with Gasteiger partial charge in [-0.2, -0.15) is 0 Å². The Labute approximate surface area is 125 Å². The number of hydrogen-bond acceptors (Lipinski definition) is 3. The molecule has 2 N–H and O–H groups in total. The van der Waals surface area contributed by atoms with Gasteiger partial charge in [0.05, 0.1) is 33.1 Å². The summed E-state index contributed by atoms with van der Waals surface area (Å²) in [6, 6.07) is 2.98. The minimum atomic E-state index is -0.208. The normalized spacial score (nSPS) is 12.3. The van der Waals surface area contributed by atoms with Crippen LogP contribution in [0.15, 0.2) is 12.1 Å². The van der Waals surface area contributed by atoms with Gasteiger partial charge in [-0.1, -0.05) is 41.7 Å². The van der Waals surface area contributed by atoms with Crippen molar-refractivity contribution in [2.75, 3.05) is 17.7 Å². The average Bonchev–Trinajstić information content (AvgIpc) is 2.33. The van der Waals surface area contributed by atoms with Crippen LogP contribution < -0.4 is 5.32 Å². The smallest absolute Gasteiger partial charge is 0.234 e. The number of carbonyl (C=O) groups is 1. The molecular weight excluding hydrogens is 317 g/mol. The van der Waals surface area contributed by atoms with E-state index in [1.54, 1.807) is 0 Å². The van der Waals surface area contributed by atoms with Crippen LogP contribution in [0.4, 0.5) is 5.69 Å². The zero-order chi connectivity index (χ0) is 13.7. The lowest BCUT2D eigenvalue weighted by atomic mass is 10.3. The van der Waals surface area contributed by atoms with Crippen molar-refractivity contribution in [1.29, 1.82) is 0 Å². The number of anilines is 1. The van der Waals surface area contributed by atoms with Gasteiger partial charge < -0.3 is 10.4 Å². The molecule has 0 aromatic heterocycles. The third-order valence-corrected chi connectivity index (χ3v) is 4.22. The monoisotopic (exact) mass is 327 g/mol. The second-order valence-electron chi connectivity index (χ2n) is 3.60. The first kappa shape index (κ1) is 15.9. The summed E-state index contributed by atoms with van der Waals surface area (Å²) in [6.07, 6.45) is 0. The Morgan fingerprint density at radius 1 is 1.33 bits per heavy atom. The van der Waals surface area contributed by atoms with Gasteiger partial charge in [0.15, 0.2) is 0 Å². The number of carbonyl (C=O) groups excluding carboxylic acids is 1. The quantitative estimate of drug-likeness (QED) is 0.810. The van der Waals surface area contributed by atoms with Gasteiger partial charge in [-0.05, 0) is 12.1 Å². The van der Waals surface area contributed by atoms with Crippen molar-refractivity contribution in [3.05, 3.63) is 27.2 Å². The molecule has 0 aliphatic rings. The van der Waals surface area contributed by atoms with Crippen molar-refractivity contribution in [3.8, 4) is 0 Å². The van der Waals surface area contributed by atoms with E-state index in [-0.39, 0.29) is 23.5 Å². The molecule has 1 aromatic carbocycles. The molecule has 18 heavy (non-hydrogen) atoms. The van der Waals surface area contributed by atoms with Gasteiger partial charge in [0.25, 0.3) is 0 Å². The number of rotatable bonds is 5. The van der Waals surface area contributed by atoms with Crippen molar-refractivity contribution in [3.63, 3.8) is 0 Å². The molecule has 3 nitrogen and oxygen atoms in total. The molecule has 1 rings (SSSR count). The first-order valence-electron chi connectivity index (χ1n) is 5.11. The van der Waals surface area contributed by atoms with Crippen LogP contribution >= 0.6 is 46.6 Å². The average molecular weight is 329 g/mol. The molecule has 0 saturated heterocycles. The standard InChI is InChI=1S/C11H12Cl3NO2S/c1-6(4-16)18-5-11(17)15-10-3-8(13)7(12)2-9(10)14/h2-3,6,16H,4-5H2,1H3,(H,15,17). The number of aliphatic hydroxyl groups is 1. The molecule has 0 saturated carbocycles. The summed E-state index contributed by atoms with van der Waals surface area (Å²) in [5.74, 6) is 0.0266. The predicted octanol–water partition coefficient (Wildman–Crippen LogP) is 3.70. The molecule has 7 heteroatoms. The van der Waals surface area contributed by atoms with E-state index in [1.165, 1.54) is 23.9 Å². The van der Waals surface area contributed by atoms with Gasteiger partial charge in [0, 0.05) is 5.25 Å². The summed E-state index contributed by atoms with van der Waals surface area (Å²) in [7, 11) is 0. The number of halogens is 3. The summed E-state index contributed by atoms with van der Waals surface area (Å²) < 4.78 is 0. The number of hydrogen-bond donors (Lipinski definition) is 2. The van der Waals surface area contributed by atoms with E-state index in [0.29, 0.717) is 20.8 Å². The molecule has 0 aliphatic heterocycles. The SMILES string of the molecule is CC(CO)SCC(=O)Nc1cc(Cl)c(Cl)cc1Cl. The second kappa shape index (κ2) is 7.46. The van der Waals surface area contributed by atoms with E-state index in [0.717, 1.165) is 0 Å². The summed E-state index contributed by atoms with van der Waals surface area (Å²) in [5, 5.41) is 12.5. The topological polar surface area (TPSA) is 49.3 Å². The summed E-state index contributed by atoms with van der Waals surface area (Å²) in [5.41, 5.74) is 0.424. The highest BCUT2D eigenvalue weighted by Crippen LogP contribution is 2.32. The zero-order valence-corrected chi connectivity index (χ0v) is 12.6. The maximum Gasteiger partial charge on any atom is 0.234 e. The lowest BCUT2D eigenvalue weighted by Gasteiger charge is -2.10. The Bertz CT molecular complexity index is 443. The highest BCUT2D eigenvalue weighted by molar-refractivity contribution is 8.00. The predicted molar refractivity (Wildman–Crippen MR) is 79.1 cm³/mol. The zero-order valence-electron chi connectivity index (χ0n) is 9.54. The van der Waals surface area contributed by atoms with Gasteiger partial charge in [0.1, 0.15) is 0 Å². The minimum Gasteiger partial charge on any atom is -0.395 e. The van der Waals surface area contributed by atoms with Crippen LogP contribution in [0.25, 0.3) is 0 Å². The first-order chi connectivity index (χ1) is 8.43. The van der Waals surface area contributed by atoms with Crippen molar-refractivity contribution in [2.24, 2.45) is 0 Å². The van der Waals surface area contributed by atoms with Gasteiger partial charge in [-0.15, -0.1) is 11.8 Å². The highest BCUT2D eigenvalue weighted by Gasteiger charge is 2.10. The van der Waals surface area contributed by atoms with Crippen molar-refractivity contribution < 1.29 is 9.90 Å². The lowest BCUT2D eigenvalue weighted by Crippen LogP contribution is -2.17. The maximum atomic E-state index is 11.6. The van der Waals surface area contributed by atoms with Crippen LogP contribution in [-0.2, 0) is 4.79 Å². The van der Waals surface area contributed by atoms with Gasteiger partial charge in [-0.3, -0.25) is 4.79 Å². The van der Waals surface area contributed by atoms with Crippen molar-refractivity contribution >= 4 is 58.2 Å². The summed E-state index contributed by atoms with van der Waals surface area (Å²) >= 11 is 18.9. The molecule has 0 aliphatic carbocycles. The minimum absolute atomic E-state index is 0.0139. The van der Waals surface area contributed by atoms with E-state index in [9.17, 15) is 4.79 Å². The molecule has 100 valence electrons. The van der Waals surface area contributed by atoms with Crippen molar-refractivity contribution in [1.82, 2.24) is 0 Å². The van der Waals surface area contributed by atoms with Crippen LogP contribution in [0.2, 0.25) is 15.1 Å². The molecule has 0 spiro atoms. The van der Waals surface area contributed by atoms with Crippen LogP contribution in [0.3, 0.4) is 0 Å². The molecule has 0 heterocycles. The molecular formula is C11H12Cl3NO2S. The van der Waals surface area contributed by atoms with Gasteiger partial charge >= 0.3 is 0 Å². The second-order valence-corrected chi connectivity index (χ2v) is 6.25. The Balaban J connectivity index is 2.62.